The Balaban J connectivity index is 2.94. The van der Waals surface area contributed by atoms with Crippen molar-refractivity contribution in [3.05, 3.63) is 24.0 Å². The fraction of sp³-hybridized carbons (Fsp3) is 0.333. The van der Waals surface area contributed by atoms with E-state index in [2.05, 4.69) is 0 Å². The molecule has 14 heavy (non-hydrogen) atoms. The lowest BCUT2D eigenvalue weighted by molar-refractivity contribution is 0.156. The van der Waals surface area contributed by atoms with E-state index in [1.807, 2.05) is 0 Å². The normalized spacial score (nSPS) is 10.6. The van der Waals surface area contributed by atoms with E-state index in [1.54, 1.807) is 0 Å². The van der Waals surface area contributed by atoms with Gasteiger partial charge in [0.2, 0.25) is 0 Å². The van der Waals surface area contributed by atoms with E-state index in [9.17, 15) is 13.2 Å². The Morgan fingerprint density at radius 3 is 2.57 bits per heavy atom. The topological polar surface area (TPSA) is 29.3 Å². The van der Waals surface area contributed by atoms with Gasteiger partial charge in [0.25, 0.3) is 6.43 Å². The Morgan fingerprint density at radius 2 is 2.07 bits per heavy atom. The number of halogens is 3. The second-order valence-corrected chi connectivity index (χ2v) is 2.95. The van der Waals surface area contributed by atoms with Gasteiger partial charge in [0.05, 0.1) is 17.9 Å². The Morgan fingerprint density at radius 1 is 1.43 bits per heavy atom. The van der Waals surface area contributed by atoms with E-state index in [0.29, 0.717) is 0 Å². The van der Waals surface area contributed by atoms with Crippen LogP contribution in [0.5, 0.6) is 0 Å². The third-order valence-corrected chi connectivity index (χ3v) is 1.81. The molecule has 2 N–H and O–H groups in total. The fourth-order valence-electron chi connectivity index (χ4n) is 1.23. The number of hydrogen-bond acceptors (Lipinski definition) is 2. The number of nitrogens with two attached hydrogens (primary N) is 1. The summed E-state index contributed by atoms with van der Waals surface area (Å²) < 4.78 is 37.2. The molecular weight excluding hydrogens is 193 g/mol. The monoisotopic (exact) mass is 204 g/mol. The molecule has 0 aliphatic carbocycles. The first-order valence-corrected chi connectivity index (χ1v) is 4.05. The minimum absolute atomic E-state index is 0.0211. The number of benzene rings is 1. The van der Waals surface area contributed by atoms with Crippen LogP contribution in [0, 0.1) is 5.82 Å². The van der Waals surface area contributed by atoms with Crippen molar-refractivity contribution in [3.63, 3.8) is 0 Å². The van der Waals surface area contributed by atoms with Gasteiger partial charge in [0.1, 0.15) is 5.82 Å². The Labute approximate surface area is 80.1 Å². The number of para-hydroxylation sites is 1. The summed E-state index contributed by atoms with van der Waals surface area (Å²) in [6, 6.07) is 4.10. The predicted molar refractivity (Wildman–Crippen MR) is 50.1 cm³/mol. The molecule has 0 aliphatic heterocycles. The molecule has 0 aliphatic rings. The van der Waals surface area contributed by atoms with Crippen LogP contribution in [-0.4, -0.2) is 20.0 Å². The Bertz CT molecular complexity index is 295. The van der Waals surface area contributed by atoms with E-state index < -0.39 is 18.8 Å². The molecule has 0 radical (unpaired) electrons. The van der Waals surface area contributed by atoms with Crippen molar-refractivity contribution in [3.8, 4) is 0 Å². The zero-order valence-electron chi connectivity index (χ0n) is 7.67. The molecule has 1 aromatic rings. The largest absolute Gasteiger partial charge is 0.397 e. The Kier molecular flexibility index (Phi) is 3.22. The number of alkyl halides is 2. The average Bonchev–Trinajstić information content (AvgIpc) is 2.01. The number of anilines is 2. The summed E-state index contributed by atoms with van der Waals surface area (Å²) in [7, 11) is 1.38. The fourth-order valence-corrected chi connectivity index (χ4v) is 1.23. The van der Waals surface area contributed by atoms with Gasteiger partial charge in [-0.1, -0.05) is 6.07 Å². The molecule has 0 bridgehead atoms. The molecule has 5 heteroatoms. The molecule has 0 spiro atoms. The SMILES string of the molecule is CN(CC(F)F)c1c(N)cccc1F. The molecule has 0 aromatic heterocycles. The smallest absolute Gasteiger partial charge is 0.255 e. The van der Waals surface area contributed by atoms with Crippen LogP contribution in [0.25, 0.3) is 0 Å². The summed E-state index contributed by atoms with van der Waals surface area (Å²) in [5.74, 6) is -0.590. The summed E-state index contributed by atoms with van der Waals surface area (Å²) >= 11 is 0. The van der Waals surface area contributed by atoms with Gasteiger partial charge >= 0.3 is 0 Å². The van der Waals surface area contributed by atoms with Gasteiger partial charge in [-0.15, -0.1) is 0 Å². The number of nitrogen functional groups attached to an aromatic ring is 1. The molecule has 0 unspecified atom stereocenters. The van der Waals surface area contributed by atoms with Gasteiger partial charge in [-0.3, -0.25) is 0 Å². The third-order valence-electron chi connectivity index (χ3n) is 1.81. The quantitative estimate of drug-likeness (QED) is 0.764. The molecule has 0 fully saturated rings. The minimum atomic E-state index is -2.51. The summed E-state index contributed by atoms with van der Waals surface area (Å²) in [5, 5.41) is 0. The molecular formula is C9H11F3N2. The molecule has 1 aromatic carbocycles. The maximum absolute atomic E-state index is 13.2. The summed E-state index contributed by atoms with van der Waals surface area (Å²) in [5.41, 5.74) is 5.65. The third kappa shape index (κ3) is 2.31. The van der Waals surface area contributed by atoms with Crippen molar-refractivity contribution in [2.75, 3.05) is 24.2 Å². The van der Waals surface area contributed by atoms with Crippen molar-refractivity contribution in [1.82, 2.24) is 0 Å². The number of hydrogen-bond donors (Lipinski definition) is 1. The maximum Gasteiger partial charge on any atom is 0.255 e. The van der Waals surface area contributed by atoms with Crippen LogP contribution in [0.1, 0.15) is 0 Å². The van der Waals surface area contributed by atoms with Crippen LogP contribution in [0.3, 0.4) is 0 Å². The van der Waals surface area contributed by atoms with Crippen LogP contribution in [0.2, 0.25) is 0 Å². The van der Waals surface area contributed by atoms with Gasteiger partial charge in [-0.2, -0.15) is 0 Å². The second kappa shape index (κ2) is 4.21. The zero-order chi connectivity index (χ0) is 10.7. The molecule has 0 heterocycles. The van der Waals surface area contributed by atoms with Crippen LogP contribution >= 0.6 is 0 Å². The molecule has 78 valence electrons. The van der Waals surface area contributed by atoms with E-state index in [4.69, 9.17) is 5.73 Å². The van der Waals surface area contributed by atoms with Crippen LogP contribution in [-0.2, 0) is 0 Å². The van der Waals surface area contributed by atoms with E-state index >= 15 is 0 Å². The van der Waals surface area contributed by atoms with Gasteiger partial charge in [-0.05, 0) is 12.1 Å². The Hall–Kier alpha value is -1.39. The van der Waals surface area contributed by atoms with Crippen molar-refractivity contribution < 1.29 is 13.2 Å². The highest BCUT2D eigenvalue weighted by Gasteiger charge is 2.14. The van der Waals surface area contributed by atoms with Crippen LogP contribution < -0.4 is 10.6 Å². The number of nitrogens with zero attached hydrogens (tertiary/aromatic N) is 1. The lowest BCUT2D eigenvalue weighted by Gasteiger charge is -2.20. The molecule has 0 saturated carbocycles. The minimum Gasteiger partial charge on any atom is -0.397 e. The molecule has 0 saturated heterocycles. The summed E-state index contributed by atoms with van der Waals surface area (Å²) in [6.07, 6.45) is -2.51. The average molecular weight is 204 g/mol. The maximum atomic E-state index is 13.2. The highest BCUT2D eigenvalue weighted by molar-refractivity contribution is 5.67. The predicted octanol–water partition coefficient (Wildman–Crippen LogP) is 2.11. The van der Waals surface area contributed by atoms with Crippen molar-refractivity contribution >= 4 is 11.4 Å². The standard InChI is InChI=1S/C9H11F3N2/c1-14(5-8(11)12)9-6(10)3-2-4-7(9)13/h2-4,8H,5,13H2,1H3. The first kappa shape index (κ1) is 10.7. The van der Waals surface area contributed by atoms with Crippen LogP contribution in [0.15, 0.2) is 18.2 Å². The van der Waals surface area contributed by atoms with Gasteiger partial charge in [0, 0.05) is 7.05 Å². The van der Waals surface area contributed by atoms with E-state index in [1.165, 1.54) is 25.2 Å². The lowest BCUT2D eigenvalue weighted by Crippen LogP contribution is -2.25. The highest BCUT2D eigenvalue weighted by Crippen LogP contribution is 2.25. The zero-order valence-corrected chi connectivity index (χ0v) is 7.67. The highest BCUT2D eigenvalue weighted by atomic mass is 19.3. The van der Waals surface area contributed by atoms with E-state index in [-0.39, 0.29) is 11.4 Å². The second-order valence-electron chi connectivity index (χ2n) is 2.95. The van der Waals surface area contributed by atoms with Gasteiger partial charge in [0.15, 0.2) is 0 Å². The molecule has 0 atom stereocenters. The van der Waals surface area contributed by atoms with Crippen molar-refractivity contribution in [2.45, 2.75) is 6.43 Å². The molecule has 0 amide bonds. The summed E-state index contributed by atoms with van der Waals surface area (Å²) in [4.78, 5) is 1.11. The summed E-state index contributed by atoms with van der Waals surface area (Å²) in [6.45, 7) is -0.537. The van der Waals surface area contributed by atoms with E-state index in [0.717, 1.165) is 4.90 Å². The van der Waals surface area contributed by atoms with Crippen LogP contribution in [0.4, 0.5) is 24.5 Å². The number of rotatable bonds is 3. The van der Waals surface area contributed by atoms with Crippen molar-refractivity contribution in [2.24, 2.45) is 0 Å². The first-order valence-electron chi connectivity index (χ1n) is 4.05. The first-order chi connectivity index (χ1) is 6.52. The van der Waals surface area contributed by atoms with Gasteiger partial charge < -0.3 is 10.6 Å². The lowest BCUT2D eigenvalue weighted by atomic mass is 10.2. The molecule has 2 nitrogen and oxygen atoms in total. The molecule has 1 rings (SSSR count). The van der Waals surface area contributed by atoms with Crippen molar-refractivity contribution in [1.29, 1.82) is 0 Å². The van der Waals surface area contributed by atoms with Gasteiger partial charge in [-0.25, -0.2) is 13.2 Å².